The van der Waals surface area contributed by atoms with Crippen molar-refractivity contribution in [3.05, 3.63) is 53.3 Å². The minimum atomic E-state index is 0.963. The number of benzene rings is 1. The van der Waals surface area contributed by atoms with E-state index in [1.807, 2.05) is 12.1 Å². The van der Waals surface area contributed by atoms with Crippen molar-refractivity contribution >= 4 is 17.0 Å². The summed E-state index contributed by atoms with van der Waals surface area (Å²) in [5.41, 5.74) is 3.59. The molecule has 15 heavy (non-hydrogen) atoms. The number of furan rings is 1. The van der Waals surface area contributed by atoms with Gasteiger partial charge in [0, 0.05) is 10.9 Å². The smallest absolute Gasteiger partial charge is 0.135 e. The number of para-hydroxylation sites is 1. The van der Waals surface area contributed by atoms with Crippen LogP contribution in [0.4, 0.5) is 0 Å². The first-order chi connectivity index (χ1) is 7.34. The lowest BCUT2D eigenvalue weighted by molar-refractivity contribution is 0.600. The predicted molar refractivity (Wildman–Crippen MR) is 62.7 cm³/mol. The molecule has 74 valence electrons. The molecule has 0 saturated heterocycles. The molecule has 3 rings (SSSR count). The molecule has 0 bridgehead atoms. The zero-order valence-corrected chi connectivity index (χ0v) is 8.66. The van der Waals surface area contributed by atoms with E-state index in [0.717, 1.165) is 17.8 Å². The van der Waals surface area contributed by atoms with Gasteiger partial charge in [-0.25, -0.2) is 0 Å². The fourth-order valence-corrected chi connectivity index (χ4v) is 2.00. The molecule has 1 aromatic carbocycles. The summed E-state index contributed by atoms with van der Waals surface area (Å²) in [7, 11) is 0. The Kier molecular flexibility index (Phi) is 1.78. The van der Waals surface area contributed by atoms with E-state index in [1.54, 1.807) is 0 Å². The van der Waals surface area contributed by atoms with Gasteiger partial charge in [0.15, 0.2) is 0 Å². The molecule has 1 aromatic heterocycles. The number of allylic oxidation sites excluding steroid dienone is 3. The summed E-state index contributed by atoms with van der Waals surface area (Å²) in [6.07, 6.45) is 7.37. The van der Waals surface area contributed by atoms with Crippen LogP contribution in [-0.2, 0) is 6.42 Å². The van der Waals surface area contributed by atoms with Crippen LogP contribution in [0.5, 0.6) is 0 Å². The Morgan fingerprint density at radius 3 is 2.93 bits per heavy atom. The molecule has 1 aliphatic carbocycles. The van der Waals surface area contributed by atoms with E-state index in [0.29, 0.717) is 0 Å². The summed E-state index contributed by atoms with van der Waals surface area (Å²) < 4.78 is 5.80. The SMILES string of the molecule is CC1=CCc2c(oc3ccccc23)C=C1. The van der Waals surface area contributed by atoms with Crippen LogP contribution in [0, 0.1) is 0 Å². The van der Waals surface area contributed by atoms with Crippen molar-refractivity contribution in [3.8, 4) is 0 Å². The number of hydrogen-bond acceptors (Lipinski definition) is 1. The fourth-order valence-electron chi connectivity index (χ4n) is 2.00. The lowest BCUT2D eigenvalue weighted by Crippen LogP contribution is -1.80. The quantitative estimate of drug-likeness (QED) is 0.621. The molecule has 0 unspecified atom stereocenters. The van der Waals surface area contributed by atoms with E-state index >= 15 is 0 Å². The first-order valence-corrected chi connectivity index (χ1v) is 5.20. The molecule has 0 atom stereocenters. The normalized spacial score (nSPS) is 14.9. The van der Waals surface area contributed by atoms with E-state index < -0.39 is 0 Å². The second kappa shape index (κ2) is 3.13. The van der Waals surface area contributed by atoms with E-state index in [-0.39, 0.29) is 0 Å². The lowest BCUT2D eigenvalue weighted by Gasteiger charge is -1.92. The zero-order chi connectivity index (χ0) is 10.3. The third kappa shape index (κ3) is 1.32. The van der Waals surface area contributed by atoms with Crippen molar-refractivity contribution in [2.45, 2.75) is 13.3 Å². The Morgan fingerprint density at radius 1 is 1.13 bits per heavy atom. The highest BCUT2D eigenvalue weighted by Gasteiger charge is 2.11. The molecule has 0 radical (unpaired) electrons. The molecule has 1 nitrogen and oxygen atoms in total. The molecule has 1 heterocycles. The molecule has 0 spiro atoms. The summed E-state index contributed by atoms with van der Waals surface area (Å²) in [5, 5.41) is 1.24. The zero-order valence-electron chi connectivity index (χ0n) is 8.66. The Bertz CT molecular complexity index is 570. The second-order valence-corrected chi connectivity index (χ2v) is 3.93. The van der Waals surface area contributed by atoms with Gasteiger partial charge in [-0.2, -0.15) is 0 Å². The van der Waals surface area contributed by atoms with Gasteiger partial charge in [-0.05, 0) is 25.5 Å². The van der Waals surface area contributed by atoms with E-state index in [9.17, 15) is 0 Å². The first-order valence-electron chi connectivity index (χ1n) is 5.20. The summed E-state index contributed by atoms with van der Waals surface area (Å²) in [6.45, 7) is 2.12. The average molecular weight is 196 g/mol. The van der Waals surface area contributed by atoms with Crippen molar-refractivity contribution < 1.29 is 4.42 Å². The third-order valence-electron chi connectivity index (χ3n) is 2.86. The molecule has 1 aliphatic rings. The van der Waals surface area contributed by atoms with Crippen molar-refractivity contribution in [1.29, 1.82) is 0 Å². The summed E-state index contributed by atoms with van der Waals surface area (Å²) in [6, 6.07) is 8.22. The molecule has 0 N–H and O–H groups in total. The maximum absolute atomic E-state index is 5.80. The number of fused-ring (bicyclic) bond motifs is 3. The average Bonchev–Trinajstić information content (AvgIpc) is 2.51. The standard InChI is InChI=1S/C14H12O/c1-10-6-8-12-11-4-2-3-5-13(11)15-14(12)9-7-10/h2-7,9H,8H2,1H3. The van der Waals surface area contributed by atoms with Gasteiger partial charge in [-0.15, -0.1) is 0 Å². The van der Waals surface area contributed by atoms with Gasteiger partial charge < -0.3 is 4.42 Å². The van der Waals surface area contributed by atoms with Gasteiger partial charge in [-0.3, -0.25) is 0 Å². The maximum atomic E-state index is 5.80. The fraction of sp³-hybridized carbons (Fsp3) is 0.143. The van der Waals surface area contributed by atoms with Gasteiger partial charge in [0.05, 0.1) is 0 Å². The van der Waals surface area contributed by atoms with Crippen molar-refractivity contribution in [2.75, 3.05) is 0 Å². The van der Waals surface area contributed by atoms with Gasteiger partial charge in [0.1, 0.15) is 11.3 Å². The Labute approximate surface area is 88.7 Å². The van der Waals surface area contributed by atoms with Gasteiger partial charge >= 0.3 is 0 Å². The van der Waals surface area contributed by atoms with Gasteiger partial charge in [0.25, 0.3) is 0 Å². The molecular weight excluding hydrogens is 184 g/mol. The molecule has 0 aliphatic heterocycles. The van der Waals surface area contributed by atoms with Crippen molar-refractivity contribution in [1.82, 2.24) is 0 Å². The largest absolute Gasteiger partial charge is 0.456 e. The number of hydrogen-bond donors (Lipinski definition) is 0. The summed E-state index contributed by atoms with van der Waals surface area (Å²) in [5.74, 6) is 1.00. The number of rotatable bonds is 0. The van der Waals surface area contributed by atoms with Crippen LogP contribution >= 0.6 is 0 Å². The van der Waals surface area contributed by atoms with E-state index in [4.69, 9.17) is 4.42 Å². The molecule has 0 fully saturated rings. The van der Waals surface area contributed by atoms with Gasteiger partial charge in [-0.1, -0.05) is 35.9 Å². The topological polar surface area (TPSA) is 13.1 Å². The maximum Gasteiger partial charge on any atom is 0.135 e. The molecule has 0 saturated carbocycles. The van der Waals surface area contributed by atoms with E-state index in [2.05, 4.69) is 37.3 Å². The molecule has 1 heteroatoms. The molecule has 2 aromatic rings. The predicted octanol–water partition coefficient (Wildman–Crippen LogP) is 3.95. The van der Waals surface area contributed by atoms with Crippen LogP contribution in [0.15, 0.2) is 46.4 Å². The Hall–Kier alpha value is -1.76. The minimum absolute atomic E-state index is 0.963. The second-order valence-electron chi connectivity index (χ2n) is 3.93. The monoisotopic (exact) mass is 196 g/mol. The van der Waals surface area contributed by atoms with Crippen LogP contribution in [0.1, 0.15) is 18.2 Å². The molecular formula is C14H12O. The van der Waals surface area contributed by atoms with Crippen LogP contribution in [-0.4, -0.2) is 0 Å². The lowest BCUT2D eigenvalue weighted by atomic mass is 10.1. The Balaban J connectivity index is 2.29. The van der Waals surface area contributed by atoms with Crippen LogP contribution in [0.25, 0.3) is 17.0 Å². The van der Waals surface area contributed by atoms with Crippen LogP contribution < -0.4 is 0 Å². The Morgan fingerprint density at radius 2 is 2.00 bits per heavy atom. The van der Waals surface area contributed by atoms with Crippen LogP contribution in [0.3, 0.4) is 0 Å². The van der Waals surface area contributed by atoms with E-state index in [1.165, 1.54) is 16.5 Å². The van der Waals surface area contributed by atoms with Crippen LogP contribution in [0.2, 0.25) is 0 Å². The summed E-state index contributed by atoms with van der Waals surface area (Å²) >= 11 is 0. The minimum Gasteiger partial charge on any atom is -0.456 e. The van der Waals surface area contributed by atoms with Crippen molar-refractivity contribution in [2.24, 2.45) is 0 Å². The van der Waals surface area contributed by atoms with Crippen molar-refractivity contribution in [3.63, 3.8) is 0 Å². The van der Waals surface area contributed by atoms with Gasteiger partial charge in [0.2, 0.25) is 0 Å². The molecule has 0 amide bonds. The highest BCUT2D eigenvalue weighted by molar-refractivity contribution is 5.85. The third-order valence-corrected chi connectivity index (χ3v) is 2.86. The summed E-state index contributed by atoms with van der Waals surface area (Å²) in [4.78, 5) is 0. The highest BCUT2D eigenvalue weighted by atomic mass is 16.3. The first kappa shape index (κ1) is 8.54. The highest BCUT2D eigenvalue weighted by Crippen LogP contribution is 2.29.